The van der Waals surface area contributed by atoms with Gasteiger partial charge in [0.05, 0.1) is 12.3 Å². The molecule has 23 heavy (non-hydrogen) atoms. The molecule has 4 nitrogen and oxygen atoms in total. The van der Waals surface area contributed by atoms with Crippen molar-refractivity contribution < 1.29 is 15.1 Å². The number of ether oxygens (including phenoxy) is 1. The van der Waals surface area contributed by atoms with Crippen molar-refractivity contribution in [2.75, 3.05) is 6.61 Å². The summed E-state index contributed by atoms with van der Waals surface area (Å²) in [5.74, 6) is 0.746. The largest absolute Gasteiger partial charge is 0.507 e. The van der Waals surface area contributed by atoms with Crippen LogP contribution >= 0.6 is 0 Å². The molecule has 0 saturated heterocycles. The van der Waals surface area contributed by atoms with Gasteiger partial charge >= 0.3 is 0 Å². The summed E-state index contributed by atoms with van der Waals surface area (Å²) in [6, 6.07) is 5.12. The third-order valence-corrected chi connectivity index (χ3v) is 4.00. The molecule has 1 rings (SSSR count). The van der Waals surface area contributed by atoms with Crippen LogP contribution in [-0.4, -0.2) is 22.6 Å². The number of hydrogen-bond donors (Lipinski definition) is 2. The average Bonchev–Trinajstić information content (AvgIpc) is 2.56. The molecule has 0 radical (unpaired) electrons. The van der Waals surface area contributed by atoms with Gasteiger partial charge in [-0.05, 0) is 25.0 Å². The first-order valence-corrected chi connectivity index (χ1v) is 8.90. The number of rotatable bonds is 12. The van der Waals surface area contributed by atoms with Gasteiger partial charge in [0, 0.05) is 11.6 Å². The molecular formula is C19H31NO3. The zero-order chi connectivity index (χ0) is 16.9. The molecule has 4 heteroatoms. The monoisotopic (exact) mass is 321 g/mol. The van der Waals surface area contributed by atoms with Gasteiger partial charge in [0.1, 0.15) is 11.5 Å². The van der Waals surface area contributed by atoms with Crippen LogP contribution in [-0.2, 0) is 0 Å². The molecule has 0 bridgehead atoms. The summed E-state index contributed by atoms with van der Waals surface area (Å²) in [5, 5.41) is 22.1. The molecule has 0 unspecified atom stereocenters. The maximum absolute atomic E-state index is 10.00. The molecule has 0 saturated carbocycles. The van der Waals surface area contributed by atoms with Gasteiger partial charge in [-0.1, -0.05) is 63.9 Å². The summed E-state index contributed by atoms with van der Waals surface area (Å²) >= 11 is 0. The molecule has 0 amide bonds. The van der Waals surface area contributed by atoms with E-state index in [9.17, 15) is 5.11 Å². The Hall–Kier alpha value is -1.71. The molecule has 0 aliphatic rings. The van der Waals surface area contributed by atoms with E-state index in [-0.39, 0.29) is 5.75 Å². The summed E-state index contributed by atoms with van der Waals surface area (Å²) in [4.78, 5) is 0. The van der Waals surface area contributed by atoms with Crippen molar-refractivity contribution in [3.8, 4) is 11.5 Å². The van der Waals surface area contributed by atoms with Crippen LogP contribution in [0.5, 0.6) is 11.5 Å². The highest BCUT2D eigenvalue weighted by atomic mass is 16.5. The van der Waals surface area contributed by atoms with E-state index >= 15 is 0 Å². The smallest absolute Gasteiger partial charge is 0.128 e. The van der Waals surface area contributed by atoms with Crippen LogP contribution in [0.15, 0.2) is 23.4 Å². The van der Waals surface area contributed by atoms with Crippen molar-refractivity contribution in [2.45, 2.75) is 71.6 Å². The van der Waals surface area contributed by atoms with Gasteiger partial charge in [0.15, 0.2) is 0 Å². The van der Waals surface area contributed by atoms with Gasteiger partial charge < -0.3 is 15.1 Å². The fourth-order valence-corrected chi connectivity index (χ4v) is 2.59. The number of phenols is 1. The minimum atomic E-state index is 0.0908. The molecule has 2 N–H and O–H groups in total. The Morgan fingerprint density at radius 1 is 1.00 bits per heavy atom. The van der Waals surface area contributed by atoms with E-state index in [0.29, 0.717) is 30.1 Å². The van der Waals surface area contributed by atoms with Crippen molar-refractivity contribution in [3.05, 3.63) is 23.8 Å². The zero-order valence-electron chi connectivity index (χ0n) is 14.6. The second-order valence-electron chi connectivity index (χ2n) is 5.90. The van der Waals surface area contributed by atoms with E-state index in [0.717, 1.165) is 6.42 Å². The summed E-state index contributed by atoms with van der Waals surface area (Å²) in [7, 11) is 0. The van der Waals surface area contributed by atoms with Crippen molar-refractivity contribution in [1.82, 2.24) is 0 Å². The fourth-order valence-electron chi connectivity index (χ4n) is 2.59. The third-order valence-electron chi connectivity index (χ3n) is 4.00. The molecule has 0 fully saturated rings. The van der Waals surface area contributed by atoms with Gasteiger partial charge in [-0.2, -0.15) is 0 Å². The minimum absolute atomic E-state index is 0.0908. The van der Waals surface area contributed by atoms with Crippen LogP contribution in [0.1, 0.15) is 77.2 Å². The lowest BCUT2D eigenvalue weighted by atomic mass is 10.1. The van der Waals surface area contributed by atoms with Gasteiger partial charge in [-0.25, -0.2) is 0 Å². The highest BCUT2D eigenvalue weighted by Crippen LogP contribution is 2.25. The number of hydrogen-bond acceptors (Lipinski definition) is 4. The van der Waals surface area contributed by atoms with Crippen molar-refractivity contribution in [3.63, 3.8) is 0 Å². The van der Waals surface area contributed by atoms with Crippen LogP contribution in [0, 0.1) is 0 Å². The standard InChI is InChI=1S/C19H31NO3/c1-3-5-6-7-8-9-10-11-14-23-16-12-13-17(19(21)15-16)18(4-2)20-22/h12-13,15,21-22H,3-11,14H2,1-2H3/b20-18-. The molecule has 0 heterocycles. The number of oxime groups is 1. The van der Waals surface area contributed by atoms with Crippen molar-refractivity contribution in [1.29, 1.82) is 0 Å². The highest BCUT2D eigenvalue weighted by molar-refractivity contribution is 6.02. The van der Waals surface area contributed by atoms with Crippen molar-refractivity contribution in [2.24, 2.45) is 5.16 Å². The van der Waals surface area contributed by atoms with Gasteiger partial charge in [0.2, 0.25) is 0 Å². The van der Waals surface area contributed by atoms with E-state index in [1.165, 1.54) is 44.9 Å². The minimum Gasteiger partial charge on any atom is -0.507 e. The van der Waals surface area contributed by atoms with Gasteiger partial charge in [-0.3, -0.25) is 0 Å². The fraction of sp³-hybridized carbons (Fsp3) is 0.632. The maximum Gasteiger partial charge on any atom is 0.128 e. The molecule has 0 atom stereocenters. The number of aromatic hydroxyl groups is 1. The van der Waals surface area contributed by atoms with E-state index in [2.05, 4.69) is 12.1 Å². The Morgan fingerprint density at radius 2 is 1.65 bits per heavy atom. The van der Waals surface area contributed by atoms with Gasteiger partial charge in [-0.15, -0.1) is 0 Å². The van der Waals surface area contributed by atoms with E-state index < -0.39 is 0 Å². The molecule has 0 aliphatic heterocycles. The molecule has 0 aromatic heterocycles. The molecule has 130 valence electrons. The third kappa shape index (κ3) is 7.40. The predicted octanol–water partition coefficient (Wildman–Crippen LogP) is 5.50. The Morgan fingerprint density at radius 3 is 2.22 bits per heavy atom. The molecular weight excluding hydrogens is 290 g/mol. The summed E-state index contributed by atoms with van der Waals surface area (Å²) in [5.41, 5.74) is 1.02. The lowest BCUT2D eigenvalue weighted by molar-refractivity contribution is 0.302. The summed E-state index contributed by atoms with van der Waals surface area (Å²) in [6.07, 6.45) is 10.7. The number of benzene rings is 1. The van der Waals surface area contributed by atoms with E-state index in [1.54, 1.807) is 18.2 Å². The van der Waals surface area contributed by atoms with Crippen LogP contribution < -0.4 is 4.74 Å². The normalized spacial score (nSPS) is 11.7. The zero-order valence-corrected chi connectivity index (χ0v) is 14.6. The van der Waals surface area contributed by atoms with E-state index in [1.807, 2.05) is 6.92 Å². The van der Waals surface area contributed by atoms with Crippen LogP contribution in [0.2, 0.25) is 0 Å². The van der Waals surface area contributed by atoms with Crippen LogP contribution in [0.3, 0.4) is 0 Å². The number of nitrogens with zero attached hydrogens (tertiary/aromatic N) is 1. The first-order valence-electron chi connectivity index (χ1n) is 8.90. The lowest BCUT2D eigenvalue weighted by Gasteiger charge is -2.09. The Labute approximate surface area is 140 Å². The average molecular weight is 321 g/mol. The van der Waals surface area contributed by atoms with Crippen LogP contribution in [0.25, 0.3) is 0 Å². The molecule has 1 aromatic rings. The highest BCUT2D eigenvalue weighted by Gasteiger charge is 2.09. The first kappa shape index (κ1) is 19.3. The topological polar surface area (TPSA) is 62.0 Å². The second kappa shape index (κ2) is 11.8. The maximum atomic E-state index is 10.00. The number of unbranched alkanes of at least 4 members (excludes halogenated alkanes) is 7. The first-order chi connectivity index (χ1) is 11.2. The quantitative estimate of drug-likeness (QED) is 0.231. The Bertz CT molecular complexity index is 472. The van der Waals surface area contributed by atoms with Gasteiger partial charge in [0.25, 0.3) is 0 Å². The van der Waals surface area contributed by atoms with Crippen molar-refractivity contribution >= 4 is 5.71 Å². The number of phenolic OH excluding ortho intramolecular Hbond substituents is 1. The van der Waals surface area contributed by atoms with E-state index in [4.69, 9.17) is 9.94 Å². The Kier molecular flexibility index (Phi) is 9.92. The summed E-state index contributed by atoms with van der Waals surface area (Å²) in [6.45, 7) is 4.78. The second-order valence-corrected chi connectivity index (χ2v) is 5.90. The molecule has 0 spiro atoms. The lowest BCUT2D eigenvalue weighted by Crippen LogP contribution is -2.01. The van der Waals surface area contributed by atoms with Crippen LogP contribution in [0.4, 0.5) is 0 Å². The molecule has 1 aromatic carbocycles. The summed E-state index contributed by atoms with van der Waals surface area (Å²) < 4.78 is 5.67. The molecule has 0 aliphatic carbocycles. The predicted molar refractivity (Wildman–Crippen MR) is 94.8 cm³/mol. The Balaban J connectivity index is 2.24. The SMILES string of the molecule is CCCCCCCCCCOc1ccc(/C(CC)=N\O)c(O)c1.